The Hall–Kier alpha value is -2.45. The van der Waals surface area contributed by atoms with Crippen molar-refractivity contribution in [2.24, 2.45) is 5.73 Å². The Balaban J connectivity index is 2.23. The molecule has 0 fully saturated rings. The number of hydrogen-bond acceptors (Lipinski definition) is 5. The minimum Gasteiger partial charge on any atom is -0.506 e. The van der Waals surface area contributed by atoms with Crippen LogP contribution in [0.3, 0.4) is 0 Å². The largest absolute Gasteiger partial charge is 0.506 e. The first-order chi connectivity index (χ1) is 21.9. The van der Waals surface area contributed by atoms with Crippen molar-refractivity contribution in [1.82, 2.24) is 0 Å². The molecule has 0 heterocycles. The summed E-state index contributed by atoms with van der Waals surface area (Å²) >= 11 is 6.15. The average Bonchev–Trinajstić information content (AvgIpc) is 2.95. The van der Waals surface area contributed by atoms with Gasteiger partial charge in [0.05, 0.1) is 17.3 Å². The summed E-state index contributed by atoms with van der Waals surface area (Å²) in [6, 6.07) is 4.66. The van der Waals surface area contributed by atoms with Crippen LogP contribution in [0.5, 0.6) is 11.5 Å². The highest BCUT2D eigenvalue weighted by atomic mass is 35.5. The molecule has 266 valence electrons. The lowest BCUT2D eigenvalue weighted by atomic mass is 9.78. The molecule has 0 atom stereocenters. The molecule has 0 unspecified atom stereocenters. The summed E-state index contributed by atoms with van der Waals surface area (Å²) in [6.07, 6.45) is 17.4. The Morgan fingerprint density at radius 3 is 1.70 bits per heavy atom. The van der Waals surface area contributed by atoms with E-state index in [0.717, 1.165) is 24.8 Å². The fourth-order valence-electron chi connectivity index (χ4n) is 5.89. The molecular weight excluding hydrogens is 632 g/mol. The number of ether oxygens (including phenoxy) is 1. The zero-order valence-electron chi connectivity index (χ0n) is 30.3. The molecule has 9 heteroatoms. The number of anilines is 1. The van der Waals surface area contributed by atoms with E-state index in [1.54, 1.807) is 6.92 Å². The molecular formula is C38H61ClN2O5S. The molecule has 4 N–H and O–H groups in total. The molecule has 0 aliphatic carbocycles. The molecule has 7 nitrogen and oxygen atoms in total. The van der Waals surface area contributed by atoms with Crippen molar-refractivity contribution in [3.05, 3.63) is 45.5 Å². The number of hydrogen-bond donors (Lipinski definition) is 3. The van der Waals surface area contributed by atoms with Crippen molar-refractivity contribution in [1.29, 1.82) is 0 Å². The van der Waals surface area contributed by atoms with Crippen molar-refractivity contribution in [2.45, 2.75) is 161 Å². The first-order valence-corrected chi connectivity index (χ1v) is 19.4. The van der Waals surface area contributed by atoms with Crippen LogP contribution in [0.1, 0.15) is 165 Å². The Labute approximate surface area is 290 Å². The number of aryl methyl sites for hydroxylation is 1. The van der Waals surface area contributed by atoms with Gasteiger partial charge in [0.1, 0.15) is 22.0 Å². The van der Waals surface area contributed by atoms with E-state index >= 15 is 0 Å². The highest BCUT2D eigenvalue weighted by molar-refractivity contribution is 7.92. The maximum absolute atomic E-state index is 14.1. The van der Waals surface area contributed by atoms with Gasteiger partial charge >= 0.3 is 0 Å². The number of sulfonamides is 1. The smallest absolute Gasteiger partial charge is 0.263 e. The first kappa shape index (κ1) is 40.7. The molecule has 2 rings (SSSR count). The Morgan fingerprint density at radius 2 is 1.28 bits per heavy atom. The van der Waals surface area contributed by atoms with Crippen molar-refractivity contribution in [2.75, 3.05) is 11.3 Å². The van der Waals surface area contributed by atoms with Crippen molar-refractivity contribution >= 4 is 33.2 Å². The summed E-state index contributed by atoms with van der Waals surface area (Å²) in [4.78, 5) is 13.0. The van der Waals surface area contributed by atoms with Crippen LogP contribution in [-0.2, 0) is 20.9 Å². The molecule has 0 aliphatic heterocycles. The summed E-state index contributed by atoms with van der Waals surface area (Å²) in [7, 11) is -4.36. The Kier molecular flexibility index (Phi) is 15.9. The number of aromatic hydroxyl groups is 1. The van der Waals surface area contributed by atoms with Crippen molar-refractivity contribution < 1.29 is 23.1 Å². The van der Waals surface area contributed by atoms with Gasteiger partial charge in [-0.15, -0.1) is 0 Å². The molecule has 0 saturated heterocycles. The SMILES string of the molecule is CCCCCCCCCCCCCCCCOc1c(C(C)(C)C)cc(C(C)(C)C)c(S(=O)(=O)Nc2cc(C)c(O)c(Cl)c2)c1C(N)=O. The second-order valence-corrected chi connectivity index (χ2v) is 17.1. The molecule has 0 aromatic heterocycles. The van der Waals surface area contributed by atoms with E-state index in [0.29, 0.717) is 17.7 Å². The normalized spacial score (nSPS) is 12.4. The maximum atomic E-state index is 14.1. The van der Waals surface area contributed by atoms with Gasteiger partial charge in [0, 0.05) is 5.56 Å². The quantitative estimate of drug-likeness (QED) is 0.0942. The van der Waals surface area contributed by atoms with E-state index in [1.807, 2.05) is 47.6 Å². The number of primary amides is 1. The van der Waals surface area contributed by atoms with Gasteiger partial charge in [0.25, 0.3) is 15.9 Å². The molecule has 0 spiro atoms. The summed E-state index contributed by atoms with van der Waals surface area (Å²) in [5, 5.41) is 10.1. The van der Waals surface area contributed by atoms with Gasteiger partial charge in [-0.2, -0.15) is 0 Å². The lowest BCUT2D eigenvalue weighted by Gasteiger charge is -2.31. The second-order valence-electron chi connectivity index (χ2n) is 15.0. The average molecular weight is 693 g/mol. The van der Waals surface area contributed by atoms with Crippen LogP contribution >= 0.6 is 11.6 Å². The molecule has 2 aromatic rings. The van der Waals surface area contributed by atoms with E-state index in [9.17, 15) is 18.3 Å². The number of carbonyl (C=O) groups excluding carboxylic acids is 1. The highest BCUT2D eigenvalue weighted by Gasteiger charge is 2.37. The number of unbranched alkanes of at least 4 members (excludes halogenated alkanes) is 13. The van der Waals surface area contributed by atoms with Gasteiger partial charge < -0.3 is 15.6 Å². The van der Waals surface area contributed by atoms with Gasteiger partial charge in [0.15, 0.2) is 0 Å². The Morgan fingerprint density at radius 1 is 0.809 bits per heavy atom. The lowest BCUT2D eigenvalue weighted by molar-refractivity contribution is 0.0992. The van der Waals surface area contributed by atoms with E-state index < -0.39 is 26.8 Å². The topological polar surface area (TPSA) is 119 Å². The third kappa shape index (κ3) is 12.5. The van der Waals surface area contributed by atoms with Crippen LogP contribution in [0.15, 0.2) is 23.1 Å². The van der Waals surface area contributed by atoms with Gasteiger partial charge in [-0.1, -0.05) is 144 Å². The summed E-state index contributed by atoms with van der Waals surface area (Å²) in [6.45, 7) is 15.9. The molecule has 0 bridgehead atoms. The minimum absolute atomic E-state index is 0.00846. The number of nitrogens with one attached hydrogen (secondary N) is 1. The van der Waals surface area contributed by atoms with Gasteiger partial charge in [-0.05, 0) is 53.5 Å². The molecule has 0 radical (unpaired) electrons. The third-order valence-corrected chi connectivity index (χ3v) is 10.4. The molecule has 2 aromatic carbocycles. The van der Waals surface area contributed by atoms with Crippen LogP contribution in [0, 0.1) is 6.92 Å². The van der Waals surface area contributed by atoms with Crippen molar-refractivity contribution in [3.8, 4) is 11.5 Å². The highest BCUT2D eigenvalue weighted by Crippen LogP contribution is 2.44. The third-order valence-electron chi connectivity index (χ3n) is 8.61. The second kappa shape index (κ2) is 18.4. The van der Waals surface area contributed by atoms with Crippen LogP contribution < -0.4 is 15.2 Å². The summed E-state index contributed by atoms with van der Waals surface area (Å²) in [5.41, 5.74) is 6.45. The van der Waals surface area contributed by atoms with Gasteiger partial charge in [-0.25, -0.2) is 8.42 Å². The summed E-state index contributed by atoms with van der Waals surface area (Å²) in [5.74, 6) is -0.789. The molecule has 1 amide bonds. The number of phenols is 1. The number of halogens is 1. The summed E-state index contributed by atoms with van der Waals surface area (Å²) < 4.78 is 37.2. The molecule has 0 saturated carbocycles. The number of phenolic OH excluding ortho intramolecular Hbond substituents is 1. The Bertz CT molecular complexity index is 1400. The molecule has 47 heavy (non-hydrogen) atoms. The fraction of sp³-hybridized carbons (Fsp3) is 0.658. The number of rotatable bonds is 20. The van der Waals surface area contributed by atoms with E-state index in [4.69, 9.17) is 22.1 Å². The maximum Gasteiger partial charge on any atom is 0.263 e. The first-order valence-electron chi connectivity index (χ1n) is 17.6. The van der Waals surface area contributed by atoms with Crippen LogP contribution in [0.2, 0.25) is 5.02 Å². The predicted octanol–water partition coefficient (Wildman–Crippen LogP) is 10.7. The van der Waals surface area contributed by atoms with Crippen LogP contribution in [0.25, 0.3) is 0 Å². The standard InChI is InChI=1S/C38H61ClN2O5S/c1-9-10-11-12-13-14-15-16-17-18-19-20-21-22-23-46-34-29(37(3,4)5)26-30(38(6,7)8)35(32(34)36(40)43)47(44,45)41-28-24-27(2)33(42)31(39)25-28/h24-26,41-42H,9-23H2,1-8H3,(H2,40,43). The zero-order valence-corrected chi connectivity index (χ0v) is 31.9. The van der Waals surface area contributed by atoms with Gasteiger partial charge in [-0.3, -0.25) is 9.52 Å². The zero-order chi connectivity index (χ0) is 35.4. The minimum atomic E-state index is -4.36. The van der Waals surface area contributed by atoms with E-state index in [2.05, 4.69) is 11.6 Å². The van der Waals surface area contributed by atoms with Crippen LogP contribution in [0.4, 0.5) is 5.69 Å². The van der Waals surface area contributed by atoms with E-state index in [1.165, 1.54) is 82.8 Å². The van der Waals surface area contributed by atoms with Gasteiger partial charge in [0.2, 0.25) is 0 Å². The monoisotopic (exact) mass is 692 g/mol. The van der Waals surface area contributed by atoms with E-state index in [-0.39, 0.29) is 32.7 Å². The number of nitrogens with two attached hydrogens (primary N) is 1. The number of amides is 1. The predicted molar refractivity (Wildman–Crippen MR) is 197 cm³/mol. The molecule has 0 aliphatic rings. The lowest BCUT2D eigenvalue weighted by Crippen LogP contribution is -2.29. The fourth-order valence-corrected chi connectivity index (χ4v) is 7.80. The number of benzene rings is 2. The van der Waals surface area contributed by atoms with Crippen LogP contribution in [-0.4, -0.2) is 26.0 Å². The number of carbonyl (C=O) groups is 1. The van der Waals surface area contributed by atoms with Crippen molar-refractivity contribution in [3.63, 3.8) is 0 Å².